The normalized spacial score (nSPS) is 20.4. The number of carbonyl (C=O) groups is 1. The number of aromatic nitrogens is 1. The highest BCUT2D eigenvalue weighted by molar-refractivity contribution is 8.13. The summed E-state index contributed by atoms with van der Waals surface area (Å²) in [5.41, 5.74) is 0.620. The molecule has 1 fully saturated rings. The van der Waals surface area contributed by atoms with E-state index >= 15 is 0 Å². The Bertz CT molecular complexity index is 576. The molecule has 0 aromatic carbocycles. The van der Waals surface area contributed by atoms with E-state index < -0.39 is 9.05 Å². The van der Waals surface area contributed by atoms with Crippen molar-refractivity contribution < 1.29 is 13.2 Å². The quantitative estimate of drug-likeness (QED) is 0.629. The molecule has 1 aromatic heterocycles. The number of halogens is 2. The fraction of sp³-hybridized carbons (Fsp3) is 0.400. The Kier molecular flexibility index (Phi) is 3.79. The van der Waals surface area contributed by atoms with Crippen LogP contribution in [0.15, 0.2) is 18.3 Å². The van der Waals surface area contributed by atoms with Gasteiger partial charge in [0, 0.05) is 41.5 Å². The van der Waals surface area contributed by atoms with Crippen molar-refractivity contribution >= 4 is 42.9 Å². The molecular formula is C10H10Cl2N2O3S. The van der Waals surface area contributed by atoms with Gasteiger partial charge in [0.25, 0.3) is 0 Å². The molecule has 0 spiro atoms. The first kappa shape index (κ1) is 13.6. The van der Waals surface area contributed by atoms with Gasteiger partial charge in [-0.05, 0) is 12.1 Å². The van der Waals surface area contributed by atoms with Gasteiger partial charge in [-0.1, -0.05) is 11.6 Å². The van der Waals surface area contributed by atoms with E-state index in [1.807, 2.05) is 0 Å². The predicted molar refractivity (Wildman–Crippen MR) is 69.3 cm³/mol. The van der Waals surface area contributed by atoms with E-state index in [0.717, 1.165) is 0 Å². The zero-order chi connectivity index (χ0) is 13.3. The summed E-state index contributed by atoms with van der Waals surface area (Å²) in [7, 11) is 1.60. The number of amides is 1. The lowest BCUT2D eigenvalue weighted by Crippen LogP contribution is -2.25. The first-order chi connectivity index (χ1) is 8.35. The predicted octanol–water partition coefficient (Wildman–Crippen LogP) is 1.66. The highest BCUT2D eigenvalue weighted by Gasteiger charge is 2.33. The Morgan fingerprint density at radius 3 is 2.83 bits per heavy atom. The van der Waals surface area contributed by atoms with E-state index in [9.17, 15) is 13.2 Å². The number of carbonyl (C=O) groups excluding carboxylic acids is 1. The standard InChI is InChI=1S/C10H10Cl2N2O3S/c11-9-4-8(1-2-13-9)14-5-7(3-10(14)15)6-18(12,16)17/h1-2,4,7H,3,5-6H2. The maximum atomic E-state index is 11.8. The van der Waals surface area contributed by atoms with E-state index in [2.05, 4.69) is 4.98 Å². The molecule has 8 heteroatoms. The van der Waals surface area contributed by atoms with E-state index in [-0.39, 0.29) is 29.2 Å². The minimum Gasteiger partial charge on any atom is -0.312 e. The molecule has 18 heavy (non-hydrogen) atoms. The molecule has 2 heterocycles. The van der Waals surface area contributed by atoms with Crippen LogP contribution in [0.25, 0.3) is 0 Å². The maximum Gasteiger partial charge on any atom is 0.232 e. The molecule has 1 amide bonds. The molecule has 1 aliphatic rings. The van der Waals surface area contributed by atoms with Gasteiger partial charge in [-0.15, -0.1) is 0 Å². The van der Waals surface area contributed by atoms with Crippen molar-refractivity contribution in [3.05, 3.63) is 23.5 Å². The molecule has 0 saturated carbocycles. The molecule has 1 aliphatic heterocycles. The van der Waals surface area contributed by atoms with Crippen molar-refractivity contribution in [3.63, 3.8) is 0 Å². The van der Waals surface area contributed by atoms with E-state index in [0.29, 0.717) is 12.2 Å². The highest BCUT2D eigenvalue weighted by Crippen LogP contribution is 2.27. The van der Waals surface area contributed by atoms with Gasteiger partial charge in [-0.25, -0.2) is 13.4 Å². The summed E-state index contributed by atoms with van der Waals surface area (Å²) in [4.78, 5) is 17.1. The summed E-state index contributed by atoms with van der Waals surface area (Å²) in [6.07, 6.45) is 1.67. The van der Waals surface area contributed by atoms with Crippen LogP contribution in [-0.2, 0) is 13.8 Å². The molecule has 2 rings (SSSR count). The van der Waals surface area contributed by atoms with Crippen LogP contribution in [0.5, 0.6) is 0 Å². The Morgan fingerprint density at radius 1 is 1.50 bits per heavy atom. The molecule has 1 aromatic rings. The lowest BCUT2D eigenvalue weighted by Gasteiger charge is -2.16. The maximum absolute atomic E-state index is 11.8. The first-order valence-electron chi connectivity index (χ1n) is 5.19. The summed E-state index contributed by atoms with van der Waals surface area (Å²) in [6.45, 7) is 0.325. The summed E-state index contributed by atoms with van der Waals surface area (Å²) in [5.74, 6) is -0.621. The lowest BCUT2D eigenvalue weighted by atomic mass is 10.1. The third kappa shape index (κ3) is 3.34. The fourth-order valence-electron chi connectivity index (χ4n) is 1.98. The minimum absolute atomic E-state index is 0.136. The number of hydrogen-bond acceptors (Lipinski definition) is 4. The van der Waals surface area contributed by atoms with Gasteiger partial charge >= 0.3 is 0 Å². The number of pyridine rings is 1. The van der Waals surface area contributed by atoms with Crippen LogP contribution >= 0.6 is 22.3 Å². The van der Waals surface area contributed by atoms with Crippen LogP contribution in [0.3, 0.4) is 0 Å². The van der Waals surface area contributed by atoms with Crippen molar-refractivity contribution in [2.24, 2.45) is 5.92 Å². The second-order valence-electron chi connectivity index (χ2n) is 4.12. The number of nitrogens with zero attached hydrogens (tertiary/aromatic N) is 2. The molecule has 98 valence electrons. The number of rotatable bonds is 3. The van der Waals surface area contributed by atoms with Gasteiger partial charge in [0.1, 0.15) is 5.15 Å². The second kappa shape index (κ2) is 5.03. The smallest absolute Gasteiger partial charge is 0.232 e. The van der Waals surface area contributed by atoms with Gasteiger partial charge in [0.15, 0.2) is 0 Å². The van der Waals surface area contributed by atoms with E-state index in [4.69, 9.17) is 22.3 Å². The molecule has 0 N–H and O–H groups in total. The molecule has 0 radical (unpaired) electrons. The van der Waals surface area contributed by atoms with Crippen molar-refractivity contribution in [3.8, 4) is 0 Å². The Hall–Kier alpha value is -0.850. The van der Waals surface area contributed by atoms with Crippen LogP contribution < -0.4 is 4.90 Å². The summed E-state index contributed by atoms with van der Waals surface area (Å²) in [6, 6.07) is 3.22. The lowest BCUT2D eigenvalue weighted by molar-refractivity contribution is -0.117. The van der Waals surface area contributed by atoms with Crippen LogP contribution in [0, 0.1) is 5.92 Å². The zero-order valence-electron chi connectivity index (χ0n) is 9.21. The van der Waals surface area contributed by atoms with E-state index in [1.165, 1.54) is 11.1 Å². The molecule has 1 unspecified atom stereocenters. The molecule has 1 saturated heterocycles. The van der Waals surface area contributed by atoms with E-state index in [1.54, 1.807) is 12.1 Å². The third-order valence-corrected chi connectivity index (χ3v) is 4.12. The topological polar surface area (TPSA) is 67.3 Å². The van der Waals surface area contributed by atoms with Crippen molar-refractivity contribution in [1.82, 2.24) is 4.98 Å². The number of anilines is 1. The van der Waals surface area contributed by atoms with Gasteiger partial charge in [-0.3, -0.25) is 4.79 Å². The van der Waals surface area contributed by atoms with Crippen LogP contribution in [0.4, 0.5) is 5.69 Å². The Balaban J connectivity index is 2.15. The molecule has 5 nitrogen and oxygen atoms in total. The van der Waals surface area contributed by atoms with Crippen molar-refractivity contribution in [2.75, 3.05) is 17.2 Å². The second-order valence-corrected chi connectivity index (χ2v) is 7.33. The average molecular weight is 309 g/mol. The zero-order valence-corrected chi connectivity index (χ0v) is 11.5. The third-order valence-electron chi connectivity index (χ3n) is 2.66. The Labute approximate surface area is 114 Å². The van der Waals surface area contributed by atoms with Crippen molar-refractivity contribution in [1.29, 1.82) is 0 Å². The molecule has 0 aliphatic carbocycles. The Morgan fingerprint density at radius 2 is 2.22 bits per heavy atom. The van der Waals surface area contributed by atoms with Crippen LogP contribution in [0.1, 0.15) is 6.42 Å². The number of hydrogen-bond donors (Lipinski definition) is 0. The van der Waals surface area contributed by atoms with Gasteiger partial charge in [0.2, 0.25) is 15.0 Å². The largest absolute Gasteiger partial charge is 0.312 e. The summed E-state index contributed by atoms with van der Waals surface area (Å²) >= 11 is 5.75. The summed E-state index contributed by atoms with van der Waals surface area (Å²) in [5, 5.41) is 0.286. The fourth-order valence-corrected chi connectivity index (χ4v) is 3.47. The first-order valence-corrected chi connectivity index (χ1v) is 8.05. The molecular weight excluding hydrogens is 299 g/mol. The van der Waals surface area contributed by atoms with Crippen LogP contribution in [0.2, 0.25) is 5.15 Å². The summed E-state index contributed by atoms with van der Waals surface area (Å²) < 4.78 is 22.0. The van der Waals surface area contributed by atoms with Crippen molar-refractivity contribution in [2.45, 2.75) is 6.42 Å². The highest BCUT2D eigenvalue weighted by atomic mass is 35.7. The van der Waals surface area contributed by atoms with Crippen LogP contribution in [-0.4, -0.2) is 31.6 Å². The minimum atomic E-state index is -3.59. The molecule has 0 bridgehead atoms. The monoisotopic (exact) mass is 308 g/mol. The average Bonchev–Trinajstić information content (AvgIpc) is 2.56. The van der Waals surface area contributed by atoms with Gasteiger partial charge in [0.05, 0.1) is 5.75 Å². The molecule has 1 atom stereocenters. The van der Waals surface area contributed by atoms with Gasteiger partial charge < -0.3 is 4.90 Å². The van der Waals surface area contributed by atoms with Gasteiger partial charge in [-0.2, -0.15) is 0 Å². The SMILES string of the molecule is O=C1CC(CS(=O)(=O)Cl)CN1c1ccnc(Cl)c1.